The van der Waals surface area contributed by atoms with Crippen LogP contribution in [0, 0.1) is 0 Å². The first kappa shape index (κ1) is 26.7. The van der Waals surface area contributed by atoms with Crippen LogP contribution in [0.5, 0.6) is 0 Å². The van der Waals surface area contributed by atoms with Crippen LogP contribution in [-0.2, 0) is 19.2 Å². The Morgan fingerprint density at radius 1 is 0.949 bits per heavy atom. The highest BCUT2D eigenvalue weighted by Gasteiger charge is 2.34. The Balaban J connectivity index is 1.69. The van der Waals surface area contributed by atoms with Gasteiger partial charge in [-0.15, -0.1) is 0 Å². The lowest BCUT2D eigenvalue weighted by Gasteiger charge is -2.25. The highest BCUT2D eigenvalue weighted by molar-refractivity contribution is 6.21. The SMILES string of the molecule is O=CC(CC(=O)O)NC(=O)CN1C(=O)C(NC(=O)Nc2ccccc2)N=C(c2ccccc2)c2ccccc21. The summed E-state index contributed by atoms with van der Waals surface area (Å²) in [5.41, 5.74) is 2.50. The number of hydrogen-bond donors (Lipinski definition) is 4. The third-order valence-electron chi connectivity index (χ3n) is 5.76. The number of carboxylic acids is 1. The number of anilines is 2. The molecule has 4 amide bonds. The summed E-state index contributed by atoms with van der Waals surface area (Å²) in [5.74, 6) is -2.72. The van der Waals surface area contributed by atoms with E-state index in [4.69, 9.17) is 5.11 Å². The first-order valence-electron chi connectivity index (χ1n) is 12.0. The van der Waals surface area contributed by atoms with Crippen LogP contribution in [0.4, 0.5) is 16.2 Å². The average Bonchev–Trinajstić information content (AvgIpc) is 3.04. The fraction of sp³-hybridized carbons (Fsp3) is 0.143. The minimum atomic E-state index is -1.41. The third-order valence-corrected chi connectivity index (χ3v) is 5.76. The number of carboxylic acid groups (broad SMARTS) is 1. The number of carbonyl (C=O) groups excluding carboxylic acids is 4. The zero-order valence-corrected chi connectivity index (χ0v) is 20.6. The van der Waals surface area contributed by atoms with E-state index in [1.807, 2.05) is 30.3 Å². The molecule has 1 aliphatic heterocycles. The molecule has 0 radical (unpaired) electrons. The number of rotatable bonds is 9. The monoisotopic (exact) mass is 527 g/mol. The molecule has 0 aliphatic carbocycles. The molecule has 0 saturated heterocycles. The molecular weight excluding hydrogens is 502 g/mol. The largest absolute Gasteiger partial charge is 0.481 e. The van der Waals surface area contributed by atoms with Crippen LogP contribution < -0.4 is 20.9 Å². The minimum Gasteiger partial charge on any atom is -0.481 e. The highest BCUT2D eigenvalue weighted by atomic mass is 16.4. The molecule has 0 fully saturated rings. The summed E-state index contributed by atoms with van der Waals surface area (Å²) >= 11 is 0. The molecule has 11 nitrogen and oxygen atoms in total. The lowest BCUT2D eigenvalue weighted by Crippen LogP contribution is -2.52. The van der Waals surface area contributed by atoms with Gasteiger partial charge in [-0.1, -0.05) is 66.7 Å². The van der Waals surface area contributed by atoms with Gasteiger partial charge in [0, 0.05) is 16.8 Å². The summed E-state index contributed by atoms with van der Waals surface area (Å²) in [6.45, 7) is -0.546. The molecule has 3 aromatic carbocycles. The van der Waals surface area contributed by atoms with E-state index in [0.717, 1.165) is 4.90 Å². The molecule has 0 aromatic heterocycles. The van der Waals surface area contributed by atoms with Crippen molar-refractivity contribution < 1.29 is 29.1 Å². The van der Waals surface area contributed by atoms with Crippen LogP contribution in [0.25, 0.3) is 0 Å². The molecule has 3 aromatic rings. The van der Waals surface area contributed by atoms with Crippen molar-refractivity contribution in [2.24, 2.45) is 4.99 Å². The molecule has 0 saturated carbocycles. The van der Waals surface area contributed by atoms with E-state index in [1.54, 1.807) is 54.6 Å². The molecule has 0 bridgehead atoms. The average molecular weight is 528 g/mol. The van der Waals surface area contributed by atoms with E-state index in [0.29, 0.717) is 34.5 Å². The van der Waals surface area contributed by atoms with Gasteiger partial charge in [-0.25, -0.2) is 9.79 Å². The topological polar surface area (TPSA) is 157 Å². The quantitative estimate of drug-likeness (QED) is 0.312. The lowest BCUT2D eigenvalue weighted by atomic mass is 10.0. The first-order chi connectivity index (χ1) is 18.9. The number of nitrogens with zero attached hydrogens (tertiary/aromatic N) is 2. The number of aldehydes is 1. The van der Waals surface area contributed by atoms with Crippen molar-refractivity contribution in [1.29, 1.82) is 0 Å². The van der Waals surface area contributed by atoms with Crippen molar-refractivity contribution >= 4 is 47.2 Å². The molecular formula is C28H25N5O6. The van der Waals surface area contributed by atoms with Crippen LogP contribution in [0.3, 0.4) is 0 Å². The van der Waals surface area contributed by atoms with Crippen molar-refractivity contribution in [3.8, 4) is 0 Å². The molecule has 4 N–H and O–H groups in total. The maximum absolute atomic E-state index is 13.8. The summed E-state index contributed by atoms with van der Waals surface area (Å²) in [6, 6.07) is 22.6. The Hall–Kier alpha value is -5.32. The number of benzene rings is 3. The summed E-state index contributed by atoms with van der Waals surface area (Å²) < 4.78 is 0. The molecule has 0 spiro atoms. The number of hydrogen-bond acceptors (Lipinski definition) is 6. The van der Waals surface area contributed by atoms with Crippen LogP contribution in [0.1, 0.15) is 17.5 Å². The van der Waals surface area contributed by atoms with Crippen LogP contribution in [0.2, 0.25) is 0 Å². The second-order valence-electron chi connectivity index (χ2n) is 8.56. The van der Waals surface area contributed by atoms with Crippen molar-refractivity contribution in [3.63, 3.8) is 0 Å². The molecule has 1 aliphatic rings. The number of para-hydroxylation sites is 2. The minimum absolute atomic E-state index is 0.319. The van der Waals surface area contributed by atoms with Gasteiger partial charge in [-0.2, -0.15) is 0 Å². The molecule has 1 heterocycles. The van der Waals surface area contributed by atoms with Crippen molar-refractivity contribution in [1.82, 2.24) is 10.6 Å². The predicted octanol–water partition coefficient (Wildman–Crippen LogP) is 2.18. The zero-order valence-electron chi connectivity index (χ0n) is 20.6. The van der Waals surface area contributed by atoms with Crippen molar-refractivity contribution in [2.45, 2.75) is 18.6 Å². The molecule has 2 atom stereocenters. The van der Waals surface area contributed by atoms with Gasteiger partial charge in [0.2, 0.25) is 12.1 Å². The fourth-order valence-corrected chi connectivity index (χ4v) is 4.04. The number of aliphatic carboxylic acids is 1. The zero-order chi connectivity index (χ0) is 27.8. The molecule has 198 valence electrons. The van der Waals surface area contributed by atoms with Gasteiger partial charge in [0.25, 0.3) is 5.91 Å². The van der Waals surface area contributed by atoms with Crippen molar-refractivity contribution in [3.05, 3.63) is 96.1 Å². The smallest absolute Gasteiger partial charge is 0.321 e. The standard InChI is InChI=1S/C28H25N5O6/c34-17-20(15-24(36)37)29-23(35)16-33-22-14-8-7-13-21(22)25(18-9-3-1-4-10-18)31-26(27(33)38)32-28(39)30-19-11-5-2-6-12-19/h1-14,17,20,26H,15-16H2,(H,29,35)(H,36,37)(H2,30,32,39). The number of amides is 4. The number of nitrogens with one attached hydrogen (secondary N) is 3. The predicted molar refractivity (Wildman–Crippen MR) is 144 cm³/mol. The maximum atomic E-state index is 13.8. The Kier molecular flexibility index (Phi) is 8.42. The van der Waals surface area contributed by atoms with E-state index in [2.05, 4.69) is 20.9 Å². The van der Waals surface area contributed by atoms with E-state index in [-0.39, 0.29) is 0 Å². The molecule has 11 heteroatoms. The summed E-state index contributed by atoms with van der Waals surface area (Å²) in [5, 5.41) is 16.5. The Labute approximate surface area is 223 Å². The molecule has 4 rings (SSSR count). The Morgan fingerprint density at radius 2 is 1.59 bits per heavy atom. The van der Waals surface area contributed by atoms with Crippen molar-refractivity contribution in [2.75, 3.05) is 16.8 Å². The van der Waals surface area contributed by atoms with Crippen LogP contribution in [-0.4, -0.2) is 59.7 Å². The van der Waals surface area contributed by atoms with Gasteiger partial charge < -0.3 is 25.9 Å². The Morgan fingerprint density at radius 3 is 2.26 bits per heavy atom. The van der Waals surface area contributed by atoms with E-state index in [1.165, 1.54) is 0 Å². The summed E-state index contributed by atoms with van der Waals surface area (Å²) in [6.07, 6.45) is -1.70. The number of carbonyl (C=O) groups is 5. The van der Waals surface area contributed by atoms with E-state index in [9.17, 15) is 24.0 Å². The third kappa shape index (κ3) is 6.72. The van der Waals surface area contributed by atoms with Crippen LogP contribution >= 0.6 is 0 Å². The normalized spacial score (nSPS) is 15.2. The summed E-state index contributed by atoms with van der Waals surface area (Å²) in [7, 11) is 0. The van der Waals surface area contributed by atoms with E-state index < -0.39 is 49.0 Å². The van der Waals surface area contributed by atoms with E-state index >= 15 is 0 Å². The second kappa shape index (κ2) is 12.3. The number of fused-ring (bicyclic) bond motifs is 1. The first-order valence-corrected chi connectivity index (χ1v) is 12.0. The van der Waals surface area contributed by atoms with Gasteiger partial charge in [0.15, 0.2) is 0 Å². The maximum Gasteiger partial charge on any atom is 0.321 e. The number of benzodiazepines with no additional fused rings is 1. The van der Waals surface area contributed by atoms with Gasteiger partial charge in [-0.05, 0) is 18.2 Å². The second-order valence-corrected chi connectivity index (χ2v) is 8.56. The fourth-order valence-electron chi connectivity index (χ4n) is 4.04. The van der Waals surface area contributed by atoms with Gasteiger partial charge in [0.05, 0.1) is 23.9 Å². The van der Waals surface area contributed by atoms with Crippen LogP contribution in [0.15, 0.2) is 89.9 Å². The summed E-state index contributed by atoms with van der Waals surface area (Å²) in [4.78, 5) is 67.5. The van der Waals surface area contributed by atoms with Gasteiger partial charge in [-0.3, -0.25) is 19.3 Å². The molecule has 39 heavy (non-hydrogen) atoms. The molecule has 2 unspecified atom stereocenters. The lowest BCUT2D eigenvalue weighted by molar-refractivity contribution is -0.138. The van der Waals surface area contributed by atoms with Gasteiger partial charge >= 0.3 is 12.0 Å². The highest BCUT2D eigenvalue weighted by Crippen LogP contribution is 2.28. The van der Waals surface area contributed by atoms with Gasteiger partial charge in [0.1, 0.15) is 12.8 Å². The number of urea groups is 1. The Bertz CT molecular complexity index is 1410. The number of aliphatic imine (C=N–C) groups is 1.